The molecule has 0 saturated heterocycles. The van der Waals surface area contributed by atoms with Gasteiger partial charge in [0.2, 0.25) is 0 Å². The number of esters is 1. The van der Waals surface area contributed by atoms with Crippen molar-refractivity contribution in [3.63, 3.8) is 0 Å². The molecule has 1 N–H and O–H groups in total. The highest BCUT2D eigenvalue weighted by molar-refractivity contribution is 7.80. The lowest BCUT2D eigenvalue weighted by Gasteiger charge is -2.37. The van der Waals surface area contributed by atoms with Crippen molar-refractivity contribution < 1.29 is 14.3 Å². The summed E-state index contributed by atoms with van der Waals surface area (Å²) in [4.78, 5) is 14.3. The maximum atomic E-state index is 12.4. The molecule has 1 atom stereocenters. The molecule has 0 saturated carbocycles. The molecule has 0 unspecified atom stereocenters. The smallest absolute Gasteiger partial charge is 0.337 e. The zero-order valence-electron chi connectivity index (χ0n) is 14.7. The van der Waals surface area contributed by atoms with Crippen molar-refractivity contribution in [3.8, 4) is 0 Å². The molecule has 25 heavy (non-hydrogen) atoms. The van der Waals surface area contributed by atoms with Crippen molar-refractivity contribution in [2.45, 2.75) is 26.3 Å². The Balaban J connectivity index is 2.32. The fourth-order valence-electron chi connectivity index (χ4n) is 2.80. The number of allylic oxidation sites excluding steroid dienone is 1. The summed E-state index contributed by atoms with van der Waals surface area (Å²) in [6.07, 6.45) is 0.813. The van der Waals surface area contributed by atoms with Gasteiger partial charge in [-0.05, 0) is 50.2 Å². The summed E-state index contributed by atoms with van der Waals surface area (Å²) in [6.45, 7) is 5.86. The summed E-state index contributed by atoms with van der Waals surface area (Å²) >= 11 is 11.5. The third kappa shape index (κ3) is 4.71. The van der Waals surface area contributed by atoms with Crippen LogP contribution in [0.15, 0.2) is 35.5 Å². The summed E-state index contributed by atoms with van der Waals surface area (Å²) in [6, 6.07) is 6.98. The van der Waals surface area contributed by atoms with Crippen LogP contribution in [0.1, 0.15) is 31.9 Å². The first-order chi connectivity index (χ1) is 12.0. The maximum Gasteiger partial charge on any atom is 0.337 e. The molecule has 0 aromatic heterocycles. The highest BCUT2D eigenvalue weighted by Gasteiger charge is 2.34. The van der Waals surface area contributed by atoms with Crippen molar-refractivity contribution in [1.82, 2.24) is 10.2 Å². The lowest BCUT2D eigenvalue weighted by Crippen LogP contribution is -2.48. The number of hydrogen-bond donors (Lipinski definition) is 1. The first kappa shape index (κ1) is 19.7. The predicted octanol–water partition coefficient (Wildman–Crippen LogP) is 3.44. The van der Waals surface area contributed by atoms with Gasteiger partial charge in [-0.15, -0.1) is 0 Å². The molecular formula is C18H23ClN2O3S. The van der Waals surface area contributed by atoms with E-state index in [0.717, 1.165) is 17.7 Å². The van der Waals surface area contributed by atoms with Gasteiger partial charge in [-0.25, -0.2) is 4.79 Å². The van der Waals surface area contributed by atoms with Gasteiger partial charge < -0.3 is 19.7 Å². The van der Waals surface area contributed by atoms with Gasteiger partial charge >= 0.3 is 5.97 Å². The first-order valence-corrected chi connectivity index (χ1v) is 8.98. The SMILES string of the molecule is CCOCCCN1C(=S)N[C@@H](c2ccc(Cl)cc2)C(C(=O)OC)=C1C. The van der Waals surface area contributed by atoms with Gasteiger partial charge in [0.15, 0.2) is 5.11 Å². The van der Waals surface area contributed by atoms with E-state index < -0.39 is 0 Å². The second kappa shape index (κ2) is 9.17. The number of rotatable bonds is 7. The predicted molar refractivity (Wildman–Crippen MR) is 102 cm³/mol. The van der Waals surface area contributed by atoms with Gasteiger partial charge in [0.05, 0.1) is 18.7 Å². The standard InChI is InChI=1S/C18H23ClN2O3S/c1-4-24-11-5-10-21-12(2)15(17(22)23-3)16(20-18(21)25)13-6-8-14(19)9-7-13/h6-9,16H,4-5,10-11H2,1-3H3,(H,20,25)/t16-/m0/s1. The summed E-state index contributed by atoms with van der Waals surface area (Å²) in [5.74, 6) is -0.373. The van der Waals surface area contributed by atoms with Crippen LogP contribution < -0.4 is 5.32 Å². The van der Waals surface area contributed by atoms with Gasteiger partial charge in [0, 0.05) is 30.5 Å². The second-order valence-electron chi connectivity index (χ2n) is 5.63. The lowest BCUT2D eigenvalue weighted by atomic mass is 9.95. The quantitative estimate of drug-likeness (QED) is 0.443. The number of ether oxygens (including phenoxy) is 2. The Bertz CT molecular complexity index is 661. The molecule has 1 aromatic carbocycles. The van der Waals surface area contributed by atoms with Crippen molar-refractivity contribution in [2.24, 2.45) is 0 Å². The Morgan fingerprint density at radius 3 is 2.64 bits per heavy atom. The third-order valence-corrected chi connectivity index (χ3v) is 4.67. The second-order valence-corrected chi connectivity index (χ2v) is 6.45. The van der Waals surface area contributed by atoms with E-state index in [1.807, 2.05) is 30.9 Å². The topological polar surface area (TPSA) is 50.8 Å². The monoisotopic (exact) mass is 382 g/mol. The number of halogens is 1. The van der Waals surface area contributed by atoms with E-state index in [1.54, 1.807) is 12.1 Å². The van der Waals surface area contributed by atoms with E-state index in [0.29, 0.717) is 35.5 Å². The minimum absolute atomic E-state index is 0.361. The average molecular weight is 383 g/mol. The number of benzene rings is 1. The van der Waals surface area contributed by atoms with Gasteiger partial charge in [-0.3, -0.25) is 0 Å². The average Bonchev–Trinajstić information content (AvgIpc) is 2.60. The zero-order valence-corrected chi connectivity index (χ0v) is 16.2. The van der Waals surface area contributed by atoms with Crippen LogP contribution >= 0.6 is 23.8 Å². The van der Waals surface area contributed by atoms with Crippen molar-refractivity contribution in [3.05, 3.63) is 46.1 Å². The number of hydrogen-bond acceptors (Lipinski definition) is 4. The van der Waals surface area contributed by atoms with Crippen LogP contribution in [0.4, 0.5) is 0 Å². The molecule has 0 amide bonds. The number of nitrogens with zero attached hydrogens (tertiary/aromatic N) is 1. The van der Waals surface area contributed by atoms with E-state index in [-0.39, 0.29) is 12.0 Å². The Hall–Kier alpha value is -1.63. The molecule has 7 heteroatoms. The minimum Gasteiger partial charge on any atom is -0.466 e. The Kier molecular flexibility index (Phi) is 7.23. The highest BCUT2D eigenvalue weighted by atomic mass is 35.5. The van der Waals surface area contributed by atoms with Crippen LogP contribution in [0.5, 0.6) is 0 Å². The third-order valence-electron chi connectivity index (χ3n) is 4.08. The summed E-state index contributed by atoms with van der Waals surface area (Å²) in [7, 11) is 1.38. The van der Waals surface area contributed by atoms with Crippen LogP contribution in [0, 0.1) is 0 Å². The number of methoxy groups -OCH3 is 1. The normalized spacial score (nSPS) is 17.5. The van der Waals surface area contributed by atoms with Crippen LogP contribution in [-0.2, 0) is 14.3 Å². The van der Waals surface area contributed by atoms with Gasteiger partial charge in [-0.2, -0.15) is 0 Å². The van der Waals surface area contributed by atoms with E-state index in [2.05, 4.69) is 5.32 Å². The molecule has 1 aromatic rings. The maximum absolute atomic E-state index is 12.4. The molecule has 0 aliphatic carbocycles. The van der Waals surface area contributed by atoms with Gasteiger partial charge in [0.25, 0.3) is 0 Å². The van der Waals surface area contributed by atoms with Gasteiger partial charge in [-0.1, -0.05) is 23.7 Å². The summed E-state index contributed by atoms with van der Waals surface area (Å²) in [5, 5.41) is 4.48. The van der Waals surface area contributed by atoms with Crippen molar-refractivity contribution in [2.75, 3.05) is 26.9 Å². The van der Waals surface area contributed by atoms with E-state index >= 15 is 0 Å². The highest BCUT2D eigenvalue weighted by Crippen LogP contribution is 2.31. The number of thiocarbonyl (C=S) groups is 1. The largest absolute Gasteiger partial charge is 0.466 e. The minimum atomic E-state index is -0.373. The van der Waals surface area contributed by atoms with Crippen LogP contribution in [0.25, 0.3) is 0 Å². The molecular weight excluding hydrogens is 360 g/mol. The Morgan fingerprint density at radius 2 is 2.04 bits per heavy atom. The molecule has 5 nitrogen and oxygen atoms in total. The molecule has 1 aliphatic rings. The first-order valence-electron chi connectivity index (χ1n) is 8.19. The fraction of sp³-hybridized carbons (Fsp3) is 0.444. The summed E-state index contributed by atoms with van der Waals surface area (Å²) in [5.41, 5.74) is 2.25. The number of carbonyl (C=O) groups excluding carboxylic acids is 1. The van der Waals surface area contributed by atoms with Crippen LogP contribution in [0.3, 0.4) is 0 Å². The number of nitrogens with one attached hydrogen (secondary N) is 1. The molecule has 0 spiro atoms. The molecule has 1 aliphatic heterocycles. The van der Waals surface area contributed by atoms with Crippen LogP contribution in [-0.4, -0.2) is 42.8 Å². The van der Waals surface area contributed by atoms with E-state index in [1.165, 1.54) is 7.11 Å². The molecule has 0 bridgehead atoms. The van der Waals surface area contributed by atoms with Crippen molar-refractivity contribution >= 4 is 34.9 Å². The molecule has 2 rings (SSSR count). The lowest BCUT2D eigenvalue weighted by molar-refractivity contribution is -0.136. The zero-order chi connectivity index (χ0) is 18.4. The molecule has 0 fully saturated rings. The van der Waals surface area contributed by atoms with Crippen molar-refractivity contribution in [1.29, 1.82) is 0 Å². The van der Waals surface area contributed by atoms with E-state index in [4.69, 9.17) is 33.3 Å². The molecule has 0 radical (unpaired) electrons. The Morgan fingerprint density at radius 1 is 1.36 bits per heavy atom. The molecule has 136 valence electrons. The van der Waals surface area contributed by atoms with E-state index in [9.17, 15) is 4.79 Å². The number of carbonyl (C=O) groups is 1. The van der Waals surface area contributed by atoms with Crippen LogP contribution in [0.2, 0.25) is 5.02 Å². The van der Waals surface area contributed by atoms with Gasteiger partial charge in [0.1, 0.15) is 0 Å². The Labute approximate surface area is 158 Å². The summed E-state index contributed by atoms with van der Waals surface area (Å²) < 4.78 is 10.4. The fourth-order valence-corrected chi connectivity index (χ4v) is 3.27. The molecule has 1 heterocycles.